The van der Waals surface area contributed by atoms with Gasteiger partial charge in [-0.05, 0) is 12.8 Å². The number of hydrogen-bond acceptors (Lipinski definition) is 7. The van der Waals surface area contributed by atoms with Gasteiger partial charge in [-0.3, -0.25) is 20.2 Å². The standard InChI is InChI=1S/C7H4N2O6.C5H10O2/c10-7(11)4-1-5(8(12)13)3-6(2-4)9(14)15;6-4-5-2-1-3-7-5/h1-3H,(H,10,11);5-6H,1-4H2. The number of carbonyl (C=O) groups is 1. The number of nitrogens with zero attached hydrogens (tertiary/aromatic N) is 2. The summed E-state index contributed by atoms with van der Waals surface area (Å²) in [6, 6.07) is 2.22. The molecule has 1 unspecified atom stereocenters. The molecule has 10 heteroatoms. The van der Waals surface area contributed by atoms with Crippen LogP contribution in [-0.2, 0) is 4.74 Å². The summed E-state index contributed by atoms with van der Waals surface area (Å²) in [4.78, 5) is 29.4. The molecule has 22 heavy (non-hydrogen) atoms. The average Bonchev–Trinajstić information content (AvgIpc) is 3.00. The Morgan fingerprint density at radius 1 is 1.23 bits per heavy atom. The molecule has 0 aliphatic carbocycles. The molecular weight excluding hydrogens is 300 g/mol. The Labute approximate surface area is 124 Å². The van der Waals surface area contributed by atoms with E-state index in [1.807, 2.05) is 0 Å². The third-order valence-corrected chi connectivity index (χ3v) is 2.80. The van der Waals surface area contributed by atoms with Gasteiger partial charge in [-0.25, -0.2) is 4.79 Å². The van der Waals surface area contributed by atoms with Crippen LogP contribution in [0.15, 0.2) is 18.2 Å². The number of aromatic carboxylic acids is 1. The Balaban J connectivity index is 0.000000287. The Bertz CT molecular complexity index is 489. The highest BCUT2D eigenvalue weighted by atomic mass is 16.6. The largest absolute Gasteiger partial charge is 0.478 e. The summed E-state index contributed by atoms with van der Waals surface area (Å²) < 4.78 is 5.05. The first kappa shape index (κ1) is 17.5. The van der Waals surface area contributed by atoms with Crippen molar-refractivity contribution in [2.75, 3.05) is 13.2 Å². The lowest BCUT2D eigenvalue weighted by molar-refractivity contribution is -0.394. The minimum absolute atomic E-state index is 0.153. The predicted octanol–water partition coefficient (Wildman–Crippen LogP) is 1.36. The maximum absolute atomic E-state index is 10.5. The van der Waals surface area contributed by atoms with Crippen LogP contribution in [0.25, 0.3) is 0 Å². The lowest BCUT2D eigenvalue weighted by Gasteiger charge is -2.00. The van der Waals surface area contributed by atoms with Crippen molar-refractivity contribution in [2.24, 2.45) is 0 Å². The maximum atomic E-state index is 10.5. The minimum atomic E-state index is -1.46. The van der Waals surface area contributed by atoms with Crippen LogP contribution in [0, 0.1) is 20.2 Å². The van der Waals surface area contributed by atoms with Gasteiger partial charge in [0, 0.05) is 18.7 Å². The zero-order chi connectivity index (χ0) is 16.7. The van der Waals surface area contributed by atoms with Gasteiger partial charge in [0.1, 0.15) is 0 Å². The summed E-state index contributed by atoms with van der Waals surface area (Å²) in [5, 5.41) is 37.7. The second-order valence-electron chi connectivity index (χ2n) is 4.38. The SMILES string of the molecule is O=C(O)c1cc([N+](=O)[O-])cc([N+](=O)[O-])c1.OCC1CCCO1. The van der Waals surface area contributed by atoms with Crippen molar-refractivity contribution in [3.63, 3.8) is 0 Å². The molecule has 0 radical (unpaired) electrons. The molecule has 1 aromatic carbocycles. The summed E-state index contributed by atoms with van der Waals surface area (Å²) in [6.45, 7) is 1.03. The molecule has 120 valence electrons. The van der Waals surface area contributed by atoms with E-state index in [0.717, 1.165) is 31.6 Å². The Morgan fingerprint density at radius 2 is 1.77 bits per heavy atom. The summed E-state index contributed by atoms with van der Waals surface area (Å²) >= 11 is 0. The van der Waals surface area contributed by atoms with E-state index >= 15 is 0 Å². The van der Waals surface area contributed by atoms with E-state index < -0.39 is 32.8 Å². The van der Waals surface area contributed by atoms with E-state index in [9.17, 15) is 25.0 Å². The Kier molecular flexibility index (Phi) is 6.35. The topological polar surface area (TPSA) is 153 Å². The summed E-state index contributed by atoms with van der Waals surface area (Å²) in [5.41, 5.74) is -1.74. The average molecular weight is 314 g/mol. The summed E-state index contributed by atoms with van der Waals surface area (Å²) in [6.07, 6.45) is 2.31. The highest BCUT2D eigenvalue weighted by molar-refractivity contribution is 5.89. The number of carboxylic acids is 1. The van der Waals surface area contributed by atoms with E-state index in [1.165, 1.54) is 0 Å². The molecule has 1 aliphatic rings. The number of carboxylic acid groups (broad SMARTS) is 1. The van der Waals surface area contributed by atoms with E-state index in [0.29, 0.717) is 6.07 Å². The van der Waals surface area contributed by atoms with Crippen LogP contribution in [-0.4, -0.2) is 45.3 Å². The van der Waals surface area contributed by atoms with Gasteiger partial charge in [-0.15, -0.1) is 0 Å². The van der Waals surface area contributed by atoms with Gasteiger partial charge >= 0.3 is 5.97 Å². The van der Waals surface area contributed by atoms with E-state index in [1.54, 1.807) is 0 Å². The number of nitro benzene ring substituents is 2. The summed E-state index contributed by atoms with van der Waals surface area (Å²) in [5.74, 6) is -1.46. The van der Waals surface area contributed by atoms with Gasteiger partial charge in [0.25, 0.3) is 11.4 Å². The number of hydrogen-bond donors (Lipinski definition) is 2. The Hall–Kier alpha value is -2.59. The van der Waals surface area contributed by atoms with Crippen molar-refractivity contribution < 1.29 is 29.6 Å². The number of aliphatic hydroxyl groups is 1. The van der Waals surface area contributed by atoms with Crippen LogP contribution in [0.4, 0.5) is 11.4 Å². The molecule has 0 spiro atoms. The number of non-ortho nitro benzene ring substituents is 2. The van der Waals surface area contributed by atoms with E-state index in [-0.39, 0.29) is 12.7 Å². The fraction of sp³-hybridized carbons (Fsp3) is 0.417. The fourth-order valence-corrected chi connectivity index (χ4v) is 1.72. The van der Waals surface area contributed by atoms with Crippen molar-refractivity contribution in [3.8, 4) is 0 Å². The summed E-state index contributed by atoms with van der Waals surface area (Å²) in [7, 11) is 0. The first-order valence-corrected chi connectivity index (χ1v) is 6.24. The zero-order valence-corrected chi connectivity index (χ0v) is 11.4. The number of rotatable bonds is 4. The molecular formula is C12H14N2O8. The van der Waals surface area contributed by atoms with E-state index in [2.05, 4.69) is 0 Å². The molecule has 1 aliphatic heterocycles. The third-order valence-electron chi connectivity index (χ3n) is 2.80. The van der Waals surface area contributed by atoms with Crippen molar-refractivity contribution in [1.82, 2.24) is 0 Å². The predicted molar refractivity (Wildman–Crippen MR) is 72.8 cm³/mol. The van der Waals surface area contributed by atoms with Crippen molar-refractivity contribution in [2.45, 2.75) is 18.9 Å². The number of ether oxygens (including phenoxy) is 1. The van der Waals surface area contributed by atoms with E-state index in [4.69, 9.17) is 14.9 Å². The number of nitro groups is 2. The monoisotopic (exact) mass is 314 g/mol. The molecule has 0 aromatic heterocycles. The van der Waals surface area contributed by atoms with Gasteiger partial charge in [0.2, 0.25) is 0 Å². The third kappa shape index (κ3) is 5.07. The second-order valence-corrected chi connectivity index (χ2v) is 4.38. The molecule has 1 saturated heterocycles. The first-order valence-electron chi connectivity index (χ1n) is 6.24. The first-order chi connectivity index (χ1) is 10.3. The quantitative estimate of drug-likeness (QED) is 0.623. The number of aliphatic hydroxyl groups excluding tert-OH is 1. The number of benzene rings is 1. The fourth-order valence-electron chi connectivity index (χ4n) is 1.72. The van der Waals surface area contributed by atoms with Gasteiger partial charge in [-0.2, -0.15) is 0 Å². The van der Waals surface area contributed by atoms with Crippen molar-refractivity contribution in [1.29, 1.82) is 0 Å². The van der Waals surface area contributed by atoms with Gasteiger partial charge in [0.15, 0.2) is 0 Å². The highest BCUT2D eigenvalue weighted by Crippen LogP contribution is 2.22. The van der Waals surface area contributed by atoms with Crippen LogP contribution in [0.3, 0.4) is 0 Å². The Morgan fingerprint density at radius 3 is 2.05 bits per heavy atom. The normalized spacial score (nSPS) is 16.5. The van der Waals surface area contributed by atoms with Gasteiger partial charge in [0.05, 0.1) is 34.2 Å². The van der Waals surface area contributed by atoms with Gasteiger partial charge in [-0.1, -0.05) is 0 Å². The second kappa shape index (κ2) is 8.00. The zero-order valence-electron chi connectivity index (χ0n) is 11.4. The molecule has 0 amide bonds. The van der Waals surface area contributed by atoms with Gasteiger partial charge < -0.3 is 14.9 Å². The minimum Gasteiger partial charge on any atom is -0.478 e. The van der Waals surface area contributed by atoms with Crippen LogP contribution in [0.1, 0.15) is 23.2 Å². The van der Waals surface area contributed by atoms with Crippen molar-refractivity contribution in [3.05, 3.63) is 44.0 Å². The molecule has 10 nitrogen and oxygen atoms in total. The molecule has 1 aromatic rings. The molecule has 0 bridgehead atoms. The molecule has 1 atom stereocenters. The molecule has 1 fully saturated rings. The van der Waals surface area contributed by atoms with Crippen LogP contribution < -0.4 is 0 Å². The smallest absolute Gasteiger partial charge is 0.336 e. The lowest BCUT2D eigenvalue weighted by atomic mass is 10.2. The van der Waals surface area contributed by atoms with Crippen LogP contribution in [0.5, 0.6) is 0 Å². The molecule has 2 N–H and O–H groups in total. The lowest BCUT2D eigenvalue weighted by Crippen LogP contribution is -2.09. The molecule has 1 heterocycles. The highest BCUT2D eigenvalue weighted by Gasteiger charge is 2.19. The van der Waals surface area contributed by atoms with Crippen molar-refractivity contribution >= 4 is 17.3 Å². The maximum Gasteiger partial charge on any atom is 0.336 e. The molecule has 0 saturated carbocycles. The van der Waals surface area contributed by atoms with Crippen LogP contribution >= 0.6 is 0 Å². The molecule has 2 rings (SSSR count). The van der Waals surface area contributed by atoms with Crippen LogP contribution in [0.2, 0.25) is 0 Å².